The van der Waals surface area contributed by atoms with E-state index < -0.39 is 5.97 Å². The van der Waals surface area contributed by atoms with Gasteiger partial charge in [-0.15, -0.1) is 0 Å². The van der Waals surface area contributed by atoms with Gasteiger partial charge < -0.3 is 24.3 Å². The van der Waals surface area contributed by atoms with Gasteiger partial charge in [0.2, 0.25) is 0 Å². The van der Waals surface area contributed by atoms with Crippen LogP contribution in [0.1, 0.15) is 24.2 Å². The molecule has 2 aromatic carbocycles. The molecule has 27 heavy (non-hydrogen) atoms. The minimum atomic E-state index is -0.510. The third-order valence-electron chi connectivity index (χ3n) is 3.48. The van der Waals surface area contributed by atoms with Gasteiger partial charge in [0, 0.05) is 11.3 Å². The maximum absolute atomic E-state index is 12.5. The van der Waals surface area contributed by atoms with Crippen molar-refractivity contribution in [1.82, 2.24) is 0 Å². The molecule has 0 aliphatic heterocycles. The topological polar surface area (TPSA) is 83.1 Å². The lowest BCUT2D eigenvalue weighted by molar-refractivity contribution is -0.142. The summed E-state index contributed by atoms with van der Waals surface area (Å²) in [5.41, 5.74) is 1.03. The first-order valence-corrected chi connectivity index (χ1v) is 8.38. The molecule has 0 atom stereocenters. The molecule has 0 saturated carbocycles. The molecule has 0 radical (unpaired) electrons. The molecule has 0 bridgehead atoms. The number of methoxy groups -OCH3 is 2. The molecule has 0 aromatic heterocycles. The monoisotopic (exact) mass is 373 g/mol. The number of anilines is 1. The molecule has 0 unspecified atom stereocenters. The van der Waals surface area contributed by atoms with Gasteiger partial charge in [0.05, 0.1) is 20.3 Å². The van der Waals surface area contributed by atoms with Crippen LogP contribution in [-0.4, -0.2) is 38.8 Å². The summed E-state index contributed by atoms with van der Waals surface area (Å²) < 4.78 is 20.7. The first kappa shape index (κ1) is 20.1. The zero-order valence-electron chi connectivity index (χ0n) is 15.8. The second-order valence-corrected chi connectivity index (χ2v) is 5.88. The molecule has 0 fully saturated rings. The van der Waals surface area contributed by atoms with Crippen molar-refractivity contribution in [2.24, 2.45) is 0 Å². The van der Waals surface area contributed by atoms with Crippen molar-refractivity contribution in [3.05, 3.63) is 48.0 Å². The third kappa shape index (κ3) is 5.91. The Morgan fingerprint density at radius 1 is 1.00 bits per heavy atom. The zero-order chi connectivity index (χ0) is 19.8. The van der Waals surface area contributed by atoms with Crippen LogP contribution in [0.3, 0.4) is 0 Å². The molecule has 7 nitrogen and oxygen atoms in total. The van der Waals surface area contributed by atoms with Gasteiger partial charge in [-0.25, -0.2) is 4.79 Å². The SMILES string of the molecule is COC(=O)COc1ccc(C(=O)Nc2ccc(OC(C)C)cc2)cc1OC. The van der Waals surface area contributed by atoms with Crippen LogP contribution >= 0.6 is 0 Å². The van der Waals surface area contributed by atoms with Gasteiger partial charge in [-0.05, 0) is 56.3 Å². The number of ether oxygens (including phenoxy) is 4. The number of nitrogens with one attached hydrogen (secondary N) is 1. The highest BCUT2D eigenvalue weighted by Crippen LogP contribution is 2.28. The van der Waals surface area contributed by atoms with Crippen LogP contribution < -0.4 is 19.5 Å². The summed E-state index contributed by atoms with van der Waals surface area (Å²) >= 11 is 0. The van der Waals surface area contributed by atoms with E-state index in [1.165, 1.54) is 20.3 Å². The number of hydrogen-bond donors (Lipinski definition) is 1. The third-order valence-corrected chi connectivity index (χ3v) is 3.48. The molecule has 0 heterocycles. The summed E-state index contributed by atoms with van der Waals surface area (Å²) in [5.74, 6) is 0.604. The van der Waals surface area contributed by atoms with E-state index in [0.29, 0.717) is 22.7 Å². The number of carbonyl (C=O) groups excluding carboxylic acids is 2. The number of hydrogen-bond acceptors (Lipinski definition) is 6. The summed E-state index contributed by atoms with van der Waals surface area (Å²) in [7, 11) is 2.73. The normalized spacial score (nSPS) is 10.3. The molecule has 1 amide bonds. The van der Waals surface area contributed by atoms with Crippen molar-refractivity contribution in [3.63, 3.8) is 0 Å². The fraction of sp³-hybridized carbons (Fsp3) is 0.300. The van der Waals surface area contributed by atoms with Crippen molar-refractivity contribution in [2.75, 3.05) is 26.1 Å². The molecule has 0 aliphatic carbocycles. The second-order valence-electron chi connectivity index (χ2n) is 5.88. The van der Waals surface area contributed by atoms with Crippen LogP contribution in [0.5, 0.6) is 17.2 Å². The van der Waals surface area contributed by atoms with Gasteiger partial charge in [0.1, 0.15) is 5.75 Å². The average Bonchev–Trinajstić information content (AvgIpc) is 2.66. The lowest BCUT2D eigenvalue weighted by Crippen LogP contribution is -2.14. The number of rotatable bonds is 8. The summed E-state index contributed by atoms with van der Waals surface area (Å²) in [5, 5.41) is 2.80. The van der Waals surface area contributed by atoms with Crippen molar-refractivity contribution >= 4 is 17.6 Å². The Kier molecular flexibility index (Phi) is 7.05. The molecule has 144 valence electrons. The number of amides is 1. The van der Waals surface area contributed by atoms with Crippen LogP contribution in [0, 0.1) is 0 Å². The van der Waals surface area contributed by atoms with E-state index in [4.69, 9.17) is 14.2 Å². The summed E-state index contributed by atoms with van der Waals surface area (Å²) in [4.78, 5) is 23.6. The minimum absolute atomic E-state index is 0.0813. The van der Waals surface area contributed by atoms with Crippen LogP contribution in [0.4, 0.5) is 5.69 Å². The molecule has 7 heteroatoms. The Labute approximate surface area is 158 Å². The highest BCUT2D eigenvalue weighted by Gasteiger charge is 2.13. The maximum atomic E-state index is 12.5. The van der Waals surface area contributed by atoms with E-state index in [2.05, 4.69) is 10.1 Å². The molecule has 0 spiro atoms. The molecule has 2 aromatic rings. The van der Waals surface area contributed by atoms with E-state index in [1.807, 2.05) is 13.8 Å². The van der Waals surface area contributed by atoms with E-state index in [9.17, 15) is 9.59 Å². The Bertz CT molecular complexity index is 786. The van der Waals surface area contributed by atoms with Gasteiger partial charge >= 0.3 is 5.97 Å². The predicted molar refractivity (Wildman–Crippen MR) is 101 cm³/mol. The Morgan fingerprint density at radius 3 is 2.30 bits per heavy atom. The molecule has 0 saturated heterocycles. The van der Waals surface area contributed by atoms with E-state index >= 15 is 0 Å². The smallest absolute Gasteiger partial charge is 0.343 e. The van der Waals surface area contributed by atoms with Crippen molar-refractivity contribution in [2.45, 2.75) is 20.0 Å². The van der Waals surface area contributed by atoms with Gasteiger partial charge in [0.25, 0.3) is 5.91 Å². The standard InChI is InChI=1S/C20H23NO6/c1-13(2)27-16-8-6-15(7-9-16)21-20(23)14-5-10-17(18(11-14)24-3)26-12-19(22)25-4/h5-11,13H,12H2,1-4H3,(H,21,23). The molecular weight excluding hydrogens is 350 g/mol. The maximum Gasteiger partial charge on any atom is 0.343 e. The van der Waals surface area contributed by atoms with Crippen molar-refractivity contribution in [3.8, 4) is 17.2 Å². The highest BCUT2D eigenvalue weighted by atomic mass is 16.6. The van der Waals surface area contributed by atoms with Crippen molar-refractivity contribution in [1.29, 1.82) is 0 Å². The van der Waals surface area contributed by atoms with Crippen LogP contribution in [0.25, 0.3) is 0 Å². The molecular formula is C20H23NO6. The Morgan fingerprint density at radius 2 is 1.70 bits per heavy atom. The average molecular weight is 373 g/mol. The van der Waals surface area contributed by atoms with Crippen LogP contribution in [0.2, 0.25) is 0 Å². The highest BCUT2D eigenvalue weighted by molar-refractivity contribution is 6.04. The van der Waals surface area contributed by atoms with Crippen LogP contribution in [-0.2, 0) is 9.53 Å². The first-order chi connectivity index (χ1) is 12.9. The zero-order valence-corrected chi connectivity index (χ0v) is 15.8. The van der Waals surface area contributed by atoms with E-state index in [-0.39, 0.29) is 18.6 Å². The fourth-order valence-corrected chi connectivity index (χ4v) is 2.22. The van der Waals surface area contributed by atoms with Crippen LogP contribution in [0.15, 0.2) is 42.5 Å². The lowest BCUT2D eigenvalue weighted by Gasteiger charge is -2.12. The number of carbonyl (C=O) groups is 2. The summed E-state index contributed by atoms with van der Waals surface area (Å²) in [6.07, 6.45) is 0.0813. The van der Waals surface area contributed by atoms with Gasteiger partial charge in [0.15, 0.2) is 18.1 Å². The van der Waals surface area contributed by atoms with E-state index in [0.717, 1.165) is 5.75 Å². The van der Waals surface area contributed by atoms with E-state index in [1.54, 1.807) is 36.4 Å². The van der Waals surface area contributed by atoms with Gasteiger partial charge in [-0.3, -0.25) is 4.79 Å². The summed E-state index contributed by atoms with van der Waals surface area (Å²) in [6.45, 7) is 3.65. The Balaban J connectivity index is 2.06. The van der Waals surface area contributed by atoms with Gasteiger partial charge in [-0.1, -0.05) is 0 Å². The minimum Gasteiger partial charge on any atom is -0.493 e. The number of esters is 1. The van der Waals surface area contributed by atoms with Crippen molar-refractivity contribution < 1.29 is 28.5 Å². The molecule has 1 N–H and O–H groups in total. The number of benzene rings is 2. The first-order valence-electron chi connectivity index (χ1n) is 8.38. The predicted octanol–water partition coefficient (Wildman–Crippen LogP) is 3.29. The fourth-order valence-electron chi connectivity index (χ4n) is 2.22. The second kappa shape index (κ2) is 9.47. The lowest BCUT2D eigenvalue weighted by atomic mass is 10.2. The Hall–Kier alpha value is -3.22. The molecule has 2 rings (SSSR count). The molecule has 0 aliphatic rings. The summed E-state index contributed by atoms with van der Waals surface area (Å²) in [6, 6.07) is 11.8. The quantitative estimate of drug-likeness (QED) is 0.715. The van der Waals surface area contributed by atoms with Gasteiger partial charge in [-0.2, -0.15) is 0 Å². The largest absolute Gasteiger partial charge is 0.493 e.